The fourth-order valence-electron chi connectivity index (χ4n) is 2.54. The van der Waals surface area contributed by atoms with Gasteiger partial charge in [-0.1, -0.05) is 47.1 Å². The highest BCUT2D eigenvalue weighted by Gasteiger charge is 2.34. The molecule has 3 rings (SSSR count). The smallest absolute Gasteiger partial charge is 0.270 e. The molecule has 6 heteroatoms. The molecule has 1 aliphatic rings. The quantitative estimate of drug-likeness (QED) is 0.471. The van der Waals surface area contributed by atoms with Gasteiger partial charge in [0.1, 0.15) is 5.57 Å². The lowest BCUT2D eigenvalue weighted by atomic mass is 10.1. The Morgan fingerprint density at radius 3 is 2.52 bits per heavy atom. The summed E-state index contributed by atoms with van der Waals surface area (Å²) < 4.78 is 0.869. The first-order valence-corrected chi connectivity index (χ1v) is 8.95. The van der Waals surface area contributed by atoms with Crippen molar-refractivity contribution in [2.75, 3.05) is 4.90 Å². The second-order valence-corrected chi connectivity index (χ2v) is 6.84. The van der Waals surface area contributed by atoms with Gasteiger partial charge in [0.05, 0.1) is 5.69 Å². The average molecular weight is 415 g/mol. The van der Waals surface area contributed by atoms with Crippen molar-refractivity contribution in [1.29, 1.82) is 0 Å². The van der Waals surface area contributed by atoms with E-state index in [9.17, 15) is 9.59 Å². The molecule has 0 spiro atoms. The maximum atomic E-state index is 12.9. The van der Waals surface area contributed by atoms with Crippen molar-refractivity contribution in [1.82, 2.24) is 5.32 Å². The van der Waals surface area contributed by atoms with Gasteiger partial charge in [0.2, 0.25) is 0 Å². The highest BCUT2D eigenvalue weighted by molar-refractivity contribution is 9.10. The van der Waals surface area contributed by atoms with Gasteiger partial charge in [0, 0.05) is 4.47 Å². The molecule has 0 unspecified atom stereocenters. The number of carbonyl (C=O) groups is 2. The molecule has 0 saturated carbocycles. The van der Waals surface area contributed by atoms with Crippen LogP contribution in [0.5, 0.6) is 0 Å². The van der Waals surface area contributed by atoms with Crippen molar-refractivity contribution in [2.45, 2.75) is 13.3 Å². The first-order chi connectivity index (χ1) is 12.0. The summed E-state index contributed by atoms with van der Waals surface area (Å²) in [7, 11) is 0. The van der Waals surface area contributed by atoms with E-state index >= 15 is 0 Å². The van der Waals surface area contributed by atoms with E-state index in [1.165, 1.54) is 4.90 Å². The Hall–Kier alpha value is -2.31. The zero-order valence-corrected chi connectivity index (χ0v) is 15.9. The predicted octanol–water partition coefficient (Wildman–Crippen LogP) is 3.84. The number of rotatable bonds is 3. The van der Waals surface area contributed by atoms with Crippen molar-refractivity contribution in [3.8, 4) is 0 Å². The fourth-order valence-corrected chi connectivity index (χ4v) is 3.23. The molecule has 0 bridgehead atoms. The van der Waals surface area contributed by atoms with Gasteiger partial charge in [-0.15, -0.1) is 0 Å². The van der Waals surface area contributed by atoms with Gasteiger partial charge in [-0.3, -0.25) is 19.8 Å². The summed E-state index contributed by atoms with van der Waals surface area (Å²) in [4.78, 5) is 26.5. The van der Waals surface area contributed by atoms with Crippen molar-refractivity contribution in [2.24, 2.45) is 0 Å². The maximum absolute atomic E-state index is 12.9. The van der Waals surface area contributed by atoms with Crippen LogP contribution in [0.4, 0.5) is 5.69 Å². The van der Waals surface area contributed by atoms with E-state index in [0.29, 0.717) is 5.69 Å². The Morgan fingerprint density at radius 1 is 1.16 bits per heavy atom. The SMILES string of the molecule is CCc1ccc(N2C(=O)C(=Cc3cccc(Br)c3)C(=O)NC2=S)cc1. The zero-order chi connectivity index (χ0) is 18.0. The number of anilines is 1. The monoisotopic (exact) mass is 414 g/mol. The topological polar surface area (TPSA) is 49.4 Å². The lowest BCUT2D eigenvalue weighted by Gasteiger charge is -2.29. The summed E-state index contributed by atoms with van der Waals surface area (Å²) in [5.74, 6) is -0.922. The maximum Gasteiger partial charge on any atom is 0.270 e. The molecule has 1 heterocycles. The van der Waals surface area contributed by atoms with Crippen LogP contribution in [-0.4, -0.2) is 16.9 Å². The molecular formula is C19H15BrN2O2S. The molecule has 1 aliphatic heterocycles. The van der Waals surface area contributed by atoms with Crippen LogP contribution in [0.3, 0.4) is 0 Å². The van der Waals surface area contributed by atoms with Crippen LogP contribution >= 0.6 is 28.1 Å². The molecule has 2 amide bonds. The van der Waals surface area contributed by atoms with Gasteiger partial charge in [-0.2, -0.15) is 0 Å². The minimum absolute atomic E-state index is 0.0475. The van der Waals surface area contributed by atoms with Gasteiger partial charge >= 0.3 is 0 Å². The minimum Gasteiger partial charge on any atom is -0.298 e. The van der Waals surface area contributed by atoms with Crippen molar-refractivity contribution >= 4 is 56.8 Å². The molecule has 1 fully saturated rings. The molecule has 0 aliphatic carbocycles. The third kappa shape index (κ3) is 3.70. The molecule has 126 valence electrons. The number of carbonyl (C=O) groups excluding carboxylic acids is 2. The predicted molar refractivity (Wildman–Crippen MR) is 106 cm³/mol. The molecular weight excluding hydrogens is 400 g/mol. The van der Waals surface area contributed by atoms with Crippen LogP contribution in [0.2, 0.25) is 0 Å². The van der Waals surface area contributed by atoms with Gasteiger partial charge in [-0.25, -0.2) is 0 Å². The number of amides is 2. The molecule has 25 heavy (non-hydrogen) atoms. The van der Waals surface area contributed by atoms with Crippen LogP contribution in [0.25, 0.3) is 6.08 Å². The Labute approximate surface area is 159 Å². The first kappa shape index (κ1) is 17.5. The lowest BCUT2D eigenvalue weighted by Crippen LogP contribution is -2.54. The van der Waals surface area contributed by atoms with Crippen LogP contribution in [0.15, 0.2) is 58.6 Å². The summed E-state index contributed by atoms with van der Waals surface area (Å²) in [5.41, 5.74) is 2.59. The highest BCUT2D eigenvalue weighted by atomic mass is 79.9. The van der Waals surface area contributed by atoms with Crippen molar-refractivity contribution in [3.05, 3.63) is 69.7 Å². The van der Waals surface area contributed by atoms with E-state index in [4.69, 9.17) is 12.2 Å². The summed E-state index contributed by atoms with van der Waals surface area (Å²) in [6, 6.07) is 14.9. The van der Waals surface area contributed by atoms with E-state index in [1.807, 2.05) is 48.5 Å². The zero-order valence-electron chi connectivity index (χ0n) is 13.5. The second kappa shape index (κ2) is 7.29. The minimum atomic E-state index is -0.489. The first-order valence-electron chi connectivity index (χ1n) is 7.75. The van der Waals surface area contributed by atoms with E-state index < -0.39 is 11.8 Å². The molecule has 2 aromatic carbocycles. The molecule has 0 atom stereocenters. The van der Waals surface area contributed by atoms with Crippen LogP contribution in [0, 0.1) is 0 Å². The molecule has 1 saturated heterocycles. The third-order valence-electron chi connectivity index (χ3n) is 3.86. The Morgan fingerprint density at radius 2 is 1.88 bits per heavy atom. The molecule has 0 radical (unpaired) electrons. The third-order valence-corrected chi connectivity index (χ3v) is 4.64. The Balaban J connectivity index is 1.99. The lowest BCUT2D eigenvalue weighted by molar-refractivity contribution is -0.122. The van der Waals surface area contributed by atoms with Crippen LogP contribution in [0.1, 0.15) is 18.1 Å². The average Bonchev–Trinajstić information content (AvgIpc) is 2.59. The number of halogens is 1. The highest BCUT2D eigenvalue weighted by Crippen LogP contribution is 2.23. The molecule has 1 N–H and O–H groups in total. The standard InChI is InChI=1S/C19H15BrN2O2S/c1-2-12-6-8-15(9-7-12)22-18(24)16(17(23)21-19(22)25)11-13-4-3-5-14(20)10-13/h3-11H,2H2,1H3,(H,21,23,25). The summed E-state index contributed by atoms with van der Waals surface area (Å²) >= 11 is 8.58. The van der Waals surface area contributed by atoms with Gasteiger partial charge in [0.15, 0.2) is 5.11 Å². The number of thiocarbonyl (C=S) groups is 1. The number of nitrogens with one attached hydrogen (secondary N) is 1. The van der Waals surface area contributed by atoms with E-state index in [-0.39, 0.29) is 10.7 Å². The Kier molecular flexibility index (Phi) is 5.11. The summed E-state index contributed by atoms with van der Waals surface area (Å²) in [6.07, 6.45) is 2.47. The Bertz CT molecular complexity index is 891. The second-order valence-electron chi connectivity index (χ2n) is 5.53. The number of aryl methyl sites for hydroxylation is 1. The number of hydrogen-bond donors (Lipinski definition) is 1. The number of hydrogen-bond acceptors (Lipinski definition) is 3. The van der Waals surface area contributed by atoms with E-state index in [0.717, 1.165) is 22.0 Å². The van der Waals surface area contributed by atoms with E-state index in [1.54, 1.807) is 6.08 Å². The number of benzene rings is 2. The van der Waals surface area contributed by atoms with Gasteiger partial charge in [-0.05, 0) is 60.1 Å². The van der Waals surface area contributed by atoms with Crippen LogP contribution < -0.4 is 10.2 Å². The normalized spacial score (nSPS) is 16.3. The van der Waals surface area contributed by atoms with E-state index in [2.05, 4.69) is 28.2 Å². The van der Waals surface area contributed by atoms with Crippen molar-refractivity contribution < 1.29 is 9.59 Å². The largest absolute Gasteiger partial charge is 0.298 e. The molecule has 4 nitrogen and oxygen atoms in total. The van der Waals surface area contributed by atoms with Gasteiger partial charge in [0.25, 0.3) is 11.8 Å². The summed E-state index contributed by atoms with van der Waals surface area (Å²) in [5, 5.41) is 2.68. The number of nitrogens with zero attached hydrogens (tertiary/aromatic N) is 1. The molecule has 2 aromatic rings. The van der Waals surface area contributed by atoms with Gasteiger partial charge < -0.3 is 0 Å². The van der Waals surface area contributed by atoms with Crippen LogP contribution in [-0.2, 0) is 16.0 Å². The molecule has 0 aromatic heterocycles. The fraction of sp³-hybridized carbons (Fsp3) is 0.105. The van der Waals surface area contributed by atoms with Crippen molar-refractivity contribution in [3.63, 3.8) is 0 Å². The summed E-state index contributed by atoms with van der Waals surface area (Å²) in [6.45, 7) is 2.06.